The Kier molecular flexibility index (Phi) is 7.41. The van der Waals surface area contributed by atoms with E-state index < -0.39 is 5.41 Å². The number of carbonyl (C=O) groups excluding carboxylic acids is 1. The third-order valence-electron chi connectivity index (χ3n) is 13.7. The van der Waals surface area contributed by atoms with Crippen LogP contribution in [0.1, 0.15) is 63.1 Å². The van der Waals surface area contributed by atoms with Gasteiger partial charge in [0.05, 0.1) is 5.41 Å². The zero-order valence-corrected chi connectivity index (χ0v) is 33.5. The van der Waals surface area contributed by atoms with E-state index in [0.717, 1.165) is 66.8 Å². The molecule has 1 nitrogen and oxygen atoms in total. The predicted molar refractivity (Wildman–Crippen MR) is 246 cm³/mol. The summed E-state index contributed by atoms with van der Waals surface area (Å²) in [6.07, 6.45) is 0. The fraction of sp³-hybridized carbons (Fsp3) is 0.0678. The van der Waals surface area contributed by atoms with Crippen LogP contribution in [-0.4, -0.2) is 5.78 Å². The van der Waals surface area contributed by atoms with Gasteiger partial charge in [-0.25, -0.2) is 0 Å². The van der Waals surface area contributed by atoms with Crippen molar-refractivity contribution in [2.75, 3.05) is 0 Å². The first kappa shape index (κ1) is 34.7. The molecule has 1 spiro atoms. The molecule has 9 aromatic carbocycles. The molecule has 282 valence electrons. The Bertz CT molecular complexity index is 3140. The molecule has 3 aliphatic carbocycles. The van der Waals surface area contributed by atoms with Crippen LogP contribution in [0.4, 0.5) is 0 Å². The topological polar surface area (TPSA) is 17.1 Å². The third kappa shape index (κ3) is 4.84. The third-order valence-corrected chi connectivity index (χ3v) is 13.7. The molecule has 0 radical (unpaired) electrons. The number of hydrogen-bond donors (Lipinski definition) is 0. The second-order valence-corrected chi connectivity index (χ2v) is 17.2. The van der Waals surface area contributed by atoms with Crippen LogP contribution in [0.2, 0.25) is 0 Å². The van der Waals surface area contributed by atoms with E-state index in [4.69, 9.17) is 0 Å². The molecule has 0 saturated carbocycles. The molecular formula is C59H40O. The summed E-state index contributed by atoms with van der Waals surface area (Å²) in [6.45, 7) is 4.63. The fourth-order valence-electron chi connectivity index (χ4n) is 10.9. The van der Waals surface area contributed by atoms with E-state index in [1.807, 2.05) is 0 Å². The Morgan fingerprint density at radius 1 is 0.267 bits per heavy atom. The molecule has 0 saturated heterocycles. The Hall–Kier alpha value is -7.35. The van der Waals surface area contributed by atoms with Crippen LogP contribution >= 0.6 is 0 Å². The minimum atomic E-state index is -0.662. The SMILES string of the molecule is CC1(C)c2ccccc2-c2cc(-c3ccc4c(c3)C(=O)c3cc(-c5cc(-c6ccccc6)cc(-c6ccccc6)c5)ccc3C43c4ccccc4-c4ccccc43)ccc21. The van der Waals surface area contributed by atoms with Crippen molar-refractivity contribution in [2.45, 2.75) is 24.7 Å². The van der Waals surface area contributed by atoms with E-state index in [2.05, 4.69) is 220 Å². The lowest BCUT2D eigenvalue weighted by molar-refractivity contribution is 0.103. The van der Waals surface area contributed by atoms with Gasteiger partial charge in [0, 0.05) is 16.5 Å². The van der Waals surface area contributed by atoms with Crippen molar-refractivity contribution in [1.29, 1.82) is 0 Å². The molecule has 12 rings (SSSR count). The van der Waals surface area contributed by atoms with E-state index >= 15 is 4.79 Å². The molecule has 3 aliphatic rings. The molecule has 9 aromatic rings. The molecule has 0 bridgehead atoms. The highest BCUT2D eigenvalue weighted by Crippen LogP contribution is 2.60. The first-order valence-electron chi connectivity index (χ1n) is 21.0. The first-order valence-corrected chi connectivity index (χ1v) is 21.0. The highest BCUT2D eigenvalue weighted by molar-refractivity contribution is 6.16. The number of fused-ring (bicyclic) bond motifs is 12. The largest absolute Gasteiger partial charge is 0.289 e. The second-order valence-electron chi connectivity index (χ2n) is 17.2. The van der Waals surface area contributed by atoms with Crippen LogP contribution in [-0.2, 0) is 10.8 Å². The Balaban J connectivity index is 1.08. The summed E-state index contributed by atoms with van der Waals surface area (Å²) in [6, 6.07) is 74.5. The number of hydrogen-bond acceptors (Lipinski definition) is 1. The van der Waals surface area contributed by atoms with Crippen molar-refractivity contribution in [3.05, 3.63) is 251 Å². The smallest absolute Gasteiger partial charge is 0.193 e. The van der Waals surface area contributed by atoms with Gasteiger partial charge in [0.25, 0.3) is 0 Å². The molecule has 0 unspecified atom stereocenters. The summed E-state index contributed by atoms with van der Waals surface area (Å²) in [4.78, 5) is 15.5. The number of carbonyl (C=O) groups is 1. The summed E-state index contributed by atoms with van der Waals surface area (Å²) < 4.78 is 0. The number of rotatable bonds is 4. The summed E-state index contributed by atoms with van der Waals surface area (Å²) in [7, 11) is 0. The minimum absolute atomic E-state index is 0.0614. The normalized spacial score (nSPS) is 14.5. The van der Waals surface area contributed by atoms with Crippen LogP contribution in [0.25, 0.3) is 66.8 Å². The maximum Gasteiger partial charge on any atom is 0.193 e. The van der Waals surface area contributed by atoms with Crippen molar-refractivity contribution in [3.8, 4) is 66.8 Å². The van der Waals surface area contributed by atoms with Crippen molar-refractivity contribution in [2.24, 2.45) is 0 Å². The molecule has 0 heterocycles. The molecular weight excluding hydrogens is 725 g/mol. The molecule has 1 heteroatoms. The van der Waals surface area contributed by atoms with Gasteiger partial charge < -0.3 is 0 Å². The number of benzene rings is 9. The maximum atomic E-state index is 15.5. The minimum Gasteiger partial charge on any atom is -0.289 e. The number of ketones is 1. The van der Waals surface area contributed by atoms with E-state index in [9.17, 15) is 0 Å². The average molecular weight is 765 g/mol. The van der Waals surface area contributed by atoms with Crippen molar-refractivity contribution in [3.63, 3.8) is 0 Å². The van der Waals surface area contributed by atoms with Crippen molar-refractivity contribution in [1.82, 2.24) is 0 Å². The van der Waals surface area contributed by atoms with E-state index in [1.165, 1.54) is 44.5 Å². The van der Waals surface area contributed by atoms with E-state index in [0.29, 0.717) is 0 Å². The highest BCUT2D eigenvalue weighted by atomic mass is 16.1. The van der Waals surface area contributed by atoms with Crippen LogP contribution in [0, 0.1) is 0 Å². The molecule has 60 heavy (non-hydrogen) atoms. The lowest BCUT2D eigenvalue weighted by Gasteiger charge is -2.40. The lowest BCUT2D eigenvalue weighted by atomic mass is 9.61. The van der Waals surface area contributed by atoms with Gasteiger partial charge in [0.1, 0.15) is 0 Å². The predicted octanol–water partition coefficient (Wildman–Crippen LogP) is 14.6. The molecule has 0 N–H and O–H groups in total. The van der Waals surface area contributed by atoms with Gasteiger partial charge in [-0.15, -0.1) is 0 Å². The van der Waals surface area contributed by atoms with Crippen LogP contribution in [0.15, 0.2) is 206 Å². The van der Waals surface area contributed by atoms with Gasteiger partial charge >= 0.3 is 0 Å². The van der Waals surface area contributed by atoms with E-state index in [-0.39, 0.29) is 11.2 Å². The lowest BCUT2D eigenvalue weighted by Crippen LogP contribution is -2.36. The Morgan fingerprint density at radius 2 is 0.600 bits per heavy atom. The Morgan fingerprint density at radius 3 is 1.10 bits per heavy atom. The summed E-state index contributed by atoms with van der Waals surface area (Å²) in [5.74, 6) is 0.0614. The van der Waals surface area contributed by atoms with Gasteiger partial charge in [-0.1, -0.05) is 184 Å². The quantitative estimate of drug-likeness (QED) is 0.174. The Labute approximate surface area is 351 Å². The molecule has 0 aromatic heterocycles. The van der Waals surface area contributed by atoms with Crippen molar-refractivity contribution < 1.29 is 4.79 Å². The van der Waals surface area contributed by atoms with Crippen LogP contribution in [0.3, 0.4) is 0 Å². The van der Waals surface area contributed by atoms with Gasteiger partial charge in [0.2, 0.25) is 0 Å². The standard InChI is InChI=1S/C59H40O/c1-58(2)51-22-12-9-21-47(51)48-34-39(25-28-52(48)58)40-26-29-55-49(35-40)57(60)50-36-41(27-30-56(50)59(55)53-23-13-10-19-45(53)46-20-11-14-24-54(46)59)44-32-42(37-15-5-3-6-16-37)31-43(33-44)38-17-7-4-8-18-38/h3-36H,1-2H3. The fourth-order valence-corrected chi connectivity index (χ4v) is 10.9. The summed E-state index contributed by atoms with van der Waals surface area (Å²) in [5, 5.41) is 0. The second kappa shape index (κ2) is 12.8. The monoisotopic (exact) mass is 764 g/mol. The highest BCUT2D eigenvalue weighted by Gasteiger charge is 2.51. The van der Waals surface area contributed by atoms with Crippen molar-refractivity contribution >= 4 is 5.78 Å². The molecule has 0 aliphatic heterocycles. The molecule has 0 atom stereocenters. The van der Waals surface area contributed by atoms with Crippen LogP contribution in [0.5, 0.6) is 0 Å². The molecule has 0 fully saturated rings. The first-order chi connectivity index (χ1) is 29.4. The van der Waals surface area contributed by atoms with E-state index in [1.54, 1.807) is 0 Å². The zero-order valence-electron chi connectivity index (χ0n) is 33.5. The summed E-state index contributed by atoms with van der Waals surface area (Å²) in [5.41, 5.74) is 21.8. The average Bonchev–Trinajstić information content (AvgIpc) is 3.73. The van der Waals surface area contributed by atoms with Gasteiger partial charge in [-0.3, -0.25) is 4.79 Å². The zero-order chi connectivity index (χ0) is 40.2. The molecule has 0 amide bonds. The van der Waals surface area contributed by atoms with Gasteiger partial charge in [-0.2, -0.15) is 0 Å². The summed E-state index contributed by atoms with van der Waals surface area (Å²) >= 11 is 0. The van der Waals surface area contributed by atoms with Gasteiger partial charge in [0.15, 0.2) is 5.78 Å². The van der Waals surface area contributed by atoms with Gasteiger partial charge in [-0.05, 0) is 137 Å². The van der Waals surface area contributed by atoms with Crippen LogP contribution < -0.4 is 0 Å². The maximum absolute atomic E-state index is 15.5.